The summed E-state index contributed by atoms with van der Waals surface area (Å²) in [4.78, 5) is 17.8. The van der Waals surface area contributed by atoms with Crippen molar-refractivity contribution < 1.29 is 4.79 Å². The molecule has 1 aromatic carbocycles. The molecular formula is C12H14BrN3OS. The first-order valence-electron chi connectivity index (χ1n) is 5.64. The highest BCUT2D eigenvalue weighted by molar-refractivity contribution is 9.10. The summed E-state index contributed by atoms with van der Waals surface area (Å²) in [5.74, 6) is 0.0675. The van der Waals surface area contributed by atoms with E-state index in [1.54, 1.807) is 23.3 Å². The van der Waals surface area contributed by atoms with Crippen LogP contribution in [0.2, 0.25) is 0 Å². The predicted octanol–water partition coefficient (Wildman–Crippen LogP) is 2.95. The molecule has 2 aromatic rings. The van der Waals surface area contributed by atoms with Crippen LogP contribution in [-0.4, -0.2) is 35.9 Å². The van der Waals surface area contributed by atoms with Crippen molar-refractivity contribution in [3.63, 3.8) is 0 Å². The molecule has 0 unspecified atom stereocenters. The Morgan fingerprint density at radius 1 is 1.56 bits per heavy atom. The van der Waals surface area contributed by atoms with Crippen molar-refractivity contribution in [2.24, 2.45) is 0 Å². The van der Waals surface area contributed by atoms with Crippen molar-refractivity contribution in [1.82, 2.24) is 9.88 Å². The smallest absolute Gasteiger partial charge is 0.241 e. The van der Waals surface area contributed by atoms with Gasteiger partial charge in [0.1, 0.15) is 0 Å². The number of thiazole rings is 1. The van der Waals surface area contributed by atoms with Crippen LogP contribution in [0.5, 0.6) is 0 Å². The maximum absolute atomic E-state index is 11.6. The summed E-state index contributed by atoms with van der Waals surface area (Å²) in [5.41, 5.74) is 0.946. The highest BCUT2D eigenvalue weighted by Gasteiger charge is 2.08. The minimum atomic E-state index is 0.0675. The molecule has 1 N–H and O–H groups in total. The van der Waals surface area contributed by atoms with Gasteiger partial charge in [0.2, 0.25) is 5.91 Å². The molecule has 18 heavy (non-hydrogen) atoms. The maximum Gasteiger partial charge on any atom is 0.241 e. The van der Waals surface area contributed by atoms with Gasteiger partial charge in [-0.1, -0.05) is 27.3 Å². The second-order valence-corrected chi connectivity index (χ2v) is 5.84. The zero-order chi connectivity index (χ0) is 13.1. The number of likely N-dealkylation sites (N-methyl/N-ethyl adjacent to an activating group) is 1. The van der Waals surface area contributed by atoms with Gasteiger partial charge in [0.25, 0.3) is 0 Å². The summed E-state index contributed by atoms with van der Waals surface area (Å²) in [6, 6.07) is 5.95. The molecule has 0 saturated heterocycles. The van der Waals surface area contributed by atoms with Crippen molar-refractivity contribution >= 4 is 48.5 Å². The van der Waals surface area contributed by atoms with Gasteiger partial charge in [-0.05, 0) is 25.1 Å². The number of carbonyl (C=O) groups excluding carboxylic acids is 1. The molecule has 1 amide bonds. The van der Waals surface area contributed by atoms with Crippen LogP contribution in [0.4, 0.5) is 5.13 Å². The average Bonchev–Trinajstić information content (AvgIpc) is 2.76. The topological polar surface area (TPSA) is 45.2 Å². The fourth-order valence-electron chi connectivity index (χ4n) is 1.44. The fourth-order valence-corrected chi connectivity index (χ4v) is 2.85. The predicted molar refractivity (Wildman–Crippen MR) is 79.1 cm³/mol. The molecule has 1 aromatic heterocycles. The molecule has 0 aliphatic carbocycles. The van der Waals surface area contributed by atoms with Gasteiger partial charge >= 0.3 is 0 Å². The lowest BCUT2D eigenvalue weighted by Gasteiger charge is -2.14. The number of anilines is 1. The second kappa shape index (κ2) is 5.67. The Kier molecular flexibility index (Phi) is 4.19. The summed E-state index contributed by atoms with van der Waals surface area (Å²) in [7, 11) is 1.79. The highest BCUT2D eigenvalue weighted by atomic mass is 79.9. The molecule has 0 saturated carbocycles. The number of hydrogen-bond donors (Lipinski definition) is 1. The number of amides is 1. The molecule has 0 aliphatic heterocycles. The van der Waals surface area contributed by atoms with Gasteiger partial charge in [-0.2, -0.15) is 0 Å². The number of aromatic nitrogens is 1. The Labute approximate surface area is 118 Å². The molecule has 0 spiro atoms. The summed E-state index contributed by atoms with van der Waals surface area (Å²) >= 11 is 4.98. The van der Waals surface area contributed by atoms with Gasteiger partial charge in [0.15, 0.2) is 5.13 Å². The van der Waals surface area contributed by atoms with Crippen LogP contribution in [-0.2, 0) is 4.79 Å². The van der Waals surface area contributed by atoms with Gasteiger partial charge in [-0.15, -0.1) is 0 Å². The number of hydrogen-bond acceptors (Lipinski definition) is 4. The van der Waals surface area contributed by atoms with E-state index in [4.69, 9.17) is 0 Å². The molecule has 2 rings (SSSR count). The van der Waals surface area contributed by atoms with E-state index in [9.17, 15) is 4.79 Å². The zero-order valence-electron chi connectivity index (χ0n) is 10.2. The van der Waals surface area contributed by atoms with Gasteiger partial charge in [0.05, 0.1) is 16.8 Å². The second-order valence-electron chi connectivity index (χ2n) is 3.89. The number of benzene rings is 1. The lowest BCUT2D eigenvalue weighted by molar-refractivity contribution is -0.127. The zero-order valence-corrected chi connectivity index (χ0v) is 12.6. The fraction of sp³-hybridized carbons (Fsp3) is 0.333. The molecule has 0 fully saturated rings. The van der Waals surface area contributed by atoms with E-state index in [1.165, 1.54) is 0 Å². The molecule has 0 atom stereocenters. The molecular weight excluding hydrogens is 314 g/mol. The van der Waals surface area contributed by atoms with Crippen LogP contribution in [0.3, 0.4) is 0 Å². The minimum absolute atomic E-state index is 0.0675. The van der Waals surface area contributed by atoms with Crippen molar-refractivity contribution in [2.45, 2.75) is 6.92 Å². The van der Waals surface area contributed by atoms with Crippen molar-refractivity contribution in [1.29, 1.82) is 0 Å². The third-order valence-electron chi connectivity index (χ3n) is 2.64. The Bertz CT molecular complexity index is 569. The van der Waals surface area contributed by atoms with Crippen molar-refractivity contribution in [3.8, 4) is 0 Å². The summed E-state index contributed by atoms with van der Waals surface area (Å²) in [6.45, 7) is 2.95. The largest absolute Gasteiger partial charge is 0.352 e. The number of nitrogens with one attached hydrogen (secondary N) is 1. The average molecular weight is 328 g/mol. The molecule has 0 radical (unpaired) electrons. The highest BCUT2D eigenvalue weighted by Crippen LogP contribution is 2.28. The van der Waals surface area contributed by atoms with Crippen LogP contribution in [0.25, 0.3) is 10.2 Å². The number of carbonyl (C=O) groups is 1. The number of halogens is 1. The molecule has 1 heterocycles. The van der Waals surface area contributed by atoms with E-state index in [-0.39, 0.29) is 12.5 Å². The van der Waals surface area contributed by atoms with E-state index < -0.39 is 0 Å². The van der Waals surface area contributed by atoms with Crippen LogP contribution in [0.15, 0.2) is 22.7 Å². The maximum atomic E-state index is 11.6. The first-order valence-corrected chi connectivity index (χ1v) is 7.25. The lowest BCUT2D eigenvalue weighted by atomic mass is 10.3. The van der Waals surface area contributed by atoms with E-state index in [2.05, 4.69) is 26.2 Å². The van der Waals surface area contributed by atoms with Gasteiger partial charge in [-0.3, -0.25) is 4.79 Å². The summed E-state index contributed by atoms with van der Waals surface area (Å²) in [5, 5.41) is 3.85. The van der Waals surface area contributed by atoms with Gasteiger partial charge in [-0.25, -0.2) is 4.98 Å². The molecule has 96 valence electrons. The standard InChI is InChI=1S/C12H14BrN3OS/c1-3-16(2)11(17)7-14-12-15-9-5-4-8(13)6-10(9)18-12/h4-6H,3,7H2,1-2H3,(H,14,15). The summed E-state index contributed by atoms with van der Waals surface area (Å²) in [6.07, 6.45) is 0. The number of rotatable bonds is 4. The third kappa shape index (κ3) is 3.00. The normalized spacial score (nSPS) is 10.6. The lowest BCUT2D eigenvalue weighted by Crippen LogP contribution is -2.31. The van der Waals surface area contributed by atoms with Crippen molar-refractivity contribution in [3.05, 3.63) is 22.7 Å². The van der Waals surface area contributed by atoms with E-state index in [0.29, 0.717) is 6.54 Å². The van der Waals surface area contributed by atoms with Gasteiger partial charge in [0, 0.05) is 18.1 Å². The first kappa shape index (κ1) is 13.3. The van der Waals surface area contributed by atoms with Crippen molar-refractivity contribution in [2.75, 3.05) is 25.5 Å². The Morgan fingerprint density at radius 3 is 3.06 bits per heavy atom. The number of nitrogens with zero attached hydrogens (tertiary/aromatic N) is 2. The first-order chi connectivity index (χ1) is 8.60. The van der Waals surface area contributed by atoms with Crippen LogP contribution >= 0.6 is 27.3 Å². The Hall–Kier alpha value is -1.14. The van der Waals surface area contributed by atoms with E-state index in [0.717, 1.165) is 19.8 Å². The number of fused-ring (bicyclic) bond motifs is 1. The van der Waals surface area contributed by atoms with Gasteiger partial charge < -0.3 is 10.2 Å². The van der Waals surface area contributed by atoms with Crippen LogP contribution in [0, 0.1) is 0 Å². The SMILES string of the molecule is CCN(C)C(=O)CNc1nc2ccc(Br)cc2s1. The summed E-state index contributed by atoms with van der Waals surface area (Å²) < 4.78 is 2.13. The minimum Gasteiger partial charge on any atom is -0.352 e. The Balaban J connectivity index is 2.06. The van der Waals surface area contributed by atoms with E-state index in [1.807, 2.05) is 25.1 Å². The molecule has 6 heteroatoms. The molecule has 4 nitrogen and oxygen atoms in total. The Morgan fingerprint density at radius 2 is 2.33 bits per heavy atom. The third-order valence-corrected chi connectivity index (χ3v) is 4.11. The molecule has 0 bridgehead atoms. The monoisotopic (exact) mass is 327 g/mol. The van der Waals surface area contributed by atoms with E-state index >= 15 is 0 Å². The quantitative estimate of drug-likeness (QED) is 0.939. The van der Waals surface area contributed by atoms with Crippen LogP contribution in [0.1, 0.15) is 6.92 Å². The van der Waals surface area contributed by atoms with Crippen LogP contribution < -0.4 is 5.32 Å². The molecule has 0 aliphatic rings.